The number of hydrogen-bond acceptors (Lipinski definition) is 6. The summed E-state index contributed by atoms with van der Waals surface area (Å²) in [6.45, 7) is 0. The van der Waals surface area contributed by atoms with Gasteiger partial charge in [0.1, 0.15) is 0 Å². The lowest BCUT2D eigenvalue weighted by Gasteiger charge is -2.17. The molecule has 0 aliphatic carbocycles. The van der Waals surface area contributed by atoms with Gasteiger partial charge in [-0.1, -0.05) is 42.5 Å². The zero-order chi connectivity index (χ0) is 20.7. The first-order valence-corrected chi connectivity index (χ1v) is 10.3. The number of carbonyl (C=O) groups is 3. The van der Waals surface area contributed by atoms with Gasteiger partial charge in [0.15, 0.2) is 9.84 Å². The number of benzene rings is 2. The Balaban J connectivity index is 2.26. The lowest BCUT2D eigenvalue weighted by atomic mass is 10.1. The first-order valence-electron chi connectivity index (χ1n) is 8.25. The highest BCUT2D eigenvalue weighted by Crippen LogP contribution is 2.20. The summed E-state index contributed by atoms with van der Waals surface area (Å²) in [4.78, 5) is 36.4. The summed E-state index contributed by atoms with van der Waals surface area (Å²) in [5, 5.41) is 4.33. The Morgan fingerprint density at radius 3 is 2.32 bits per heavy atom. The van der Waals surface area contributed by atoms with Crippen LogP contribution in [0, 0.1) is 0 Å². The Morgan fingerprint density at radius 1 is 1.04 bits per heavy atom. The van der Waals surface area contributed by atoms with E-state index in [4.69, 9.17) is 4.74 Å². The minimum atomic E-state index is -3.28. The zero-order valence-electron chi connectivity index (χ0n) is 15.3. The molecule has 2 aromatic rings. The van der Waals surface area contributed by atoms with E-state index in [1.165, 1.54) is 25.2 Å². The quantitative estimate of drug-likeness (QED) is 0.706. The maximum atomic E-state index is 12.6. The van der Waals surface area contributed by atoms with Gasteiger partial charge in [0.2, 0.25) is 6.10 Å². The van der Waals surface area contributed by atoms with E-state index in [-0.39, 0.29) is 11.3 Å². The van der Waals surface area contributed by atoms with Gasteiger partial charge in [0.25, 0.3) is 5.91 Å². The van der Waals surface area contributed by atoms with Gasteiger partial charge in [-0.15, -0.1) is 0 Å². The molecule has 0 spiro atoms. The van der Waals surface area contributed by atoms with Crippen LogP contribution in [0.4, 0.5) is 4.79 Å². The number of carbonyl (C=O) groups excluding carboxylic acids is 3. The van der Waals surface area contributed by atoms with Gasteiger partial charge in [0.05, 0.1) is 11.3 Å². The van der Waals surface area contributed by atoms with Crippen LogP contribution in [0.5, 0.6) is 0 Å². The van der Waals surface area contributed by atoms with Crippen LogP contribution in [-0.2, 0) is 25.1 Å². The van der Waals surface area contributed by atoms with Gasteiger partial charge in [-0.05, 0) is 17.7 Å². The molecule has 3 amide bonds. The first kappa shape index (κ1) is 21.1. The molecule has 0 unspecified atom stereocenters. The molecule has 0 bridgehead atoms. The third-order valence-electron chi connectivity index (χ3n) is 3.62. The molecule has 0 saturated heterocycles. The third-order valence-corrected chi connectivity index (χ3v) is 4.48. The van der Waals surface area contributed by atoms with E-state index in [0.29, 0.717) is 11.1 Å². The predicted octanol–water partition coefficient (Wildman–Crippen LogP) is 1.58. The number of urea groups is 1. The molecule has 2 rings (SSSR count). The summed E-state index contributed by atoms with van der Waals surface area (Å²) in [5.74, 6) is -1.87. The van der Waals surface area contributed by atoms with Crippen LogP contribution in [0.1, 0.15) is 27.6 Å². The molecule has 28 heavy (non-hydrogen) atoms. The molecule has 2 aromatic carbocycles. The second-order valence-electron chi connectivity index (χ2n) is 6.03. The summed E-state index contributed by atoms with van der Waals surface area (Å²) >= 11 is 0. The van der Waals surface area contributed by atoms with Crippen molar-refractivity contribution in [1.82, 2.24) is 10.6 Å². The largest absolute Gasteiger partial charge is 0.444 e. The van der Waals surface area contributed by atoms with Crippen LogP contribution in [0.25, 0.3) is 0 Å². The summed E-state index contributed by atoms with van der Waals surface area (Å²) in [6, 6.07) is 13.4. The Bertz CT molecular complexity index is 973. The van der Waals surface area contributed by atoms with E-state index in [2.05, 4.69) is 10.6 Å². The first-order chi connectivity index (χ1) is 13.2. The lowest BCUT2D eigenvalue weighted by molar-refractivity contribution is -0.129. The molecule has 0 aromatic heterocycles. The van der Waals surface area contributed by atoms with Crippen molar-refractivity contribution in [2.24, 2.45) is 0 Å². The Morgan fingerprint density at radius 2 is 1.71 bits per heavy atom. The lowest BCUT2D eigenvalue weighted by Crippen LogP contribution is -2.41. The topological polar surface area (TPSA) is 119 Å². The summed E-state index contributed by atoms with van der Waals surface area (Å²) in [7, 11) is -1.93. The van der Waals surface area contributed by atoms with Gasteiger partial charge in [-0.2, -0.15) is 0 Å². The fraction of sp³-hybridized carbons (Fsp3) is 0.211. The molecule has 8 nitrogen and oxygen atoms in total. The SMILES string of the molecule is CNC(=O)NC(=O)[C@@H](OC(=O)c1cccc(CS(C)(=O)=O)c1)c1ccccc1. The minimum absolute atomic E-state index is 0.0924. The number of amides is 3. The molecular weight excluding hydrogens is 384 g/mol. The molecule has 0 radical (unpaired) electrons. The Labute approximate surface area is 162 Å². The number of esters is 1. The highest BCUT2D eigenvalue weighted by molar-refractivity contribution is 7.89. The molecular formula is C19H20N2O6S. The van der Waals surface area contributed by atoms with Gasteiger partial charge >= 0.3 is 12.0 Å². The second-order valence-corrected chi connectivity index (χ2v) is 8.18. The van der Waals surface area contributed by atoms with Crippen LogP contribution >= 0.6 is 0 Å². The van der Waals surface area contributed by atoms with Crippen LogP contribution in [0.15, 0.2) is 54.6 Å². The second kappa shape index (κ2) is 9.14. The molecule has 0 aliphatic rings. The average molecular weight is 404 g/mol. The molecule has 148 valence electrons. The molecule has 2 N–H and O–H groups in total. The number of imide groups is 1. The van der Waals surface area contributed by atoms with E-state index < -0.39 is 33.8 Å². The van der Waals surface area contributed by atoms with Crippen molar-refractivity contribution in [2.45, 2.75) is 11.9 Å². The fourth-order valence-corrected chi connectivity index (χ4v) is 3.19. The van der Waals surface area contributed by atoms with E-state index in [1.54, 1.807) is 36.4 Å². The number of ether oxygens (including phenoxy) is 1. The van der Waals surface area contributed by atoms with Crippen LogP contribution < -0.4 is 10.6 Å². The highest BCUT2D eigenvalue weighted by atomic mass is 32.2. The standard InChI is InChI=1S/C19H20N2O6S/c1-20-19(24)21-17(22)16(14-8-4-3-5-9-14)27-18(23)15-10-6-7-13(11-15)12-28(2,25)26/h3-11,16H,12H2,1-2H3,(H2,20,21,22,24)/t16-/m0/s1. The van der Waals surface area contributed by atoms with Crippen molar-refractivity contribution in [3.8, 4) is 0 Å². The van der Waals surface area contributed by atoms with Gasteiger partial charge < -0.3 is 10.1 Å². The van der Waals surface area contributed by atoms with Crippen molar-refractivity contribution in [3.05, 3.63) is 71.3 Å². The van der Waals surface area contributed by atoms with Crippen molar-refractivity contribution in [3.63, 3.8) is 0 Å². The summed E-state index contributed by atoms with van der Waals surface area (Å²) in [6.07, 6.45) is -0.267. The zero-order valence-corrected chi connectivity index (χ0v) is 16.2. The molecule has 9 heteroatoms. The maximum Gasteiger partial charge on any atom is 0.339 e. The molecule has 0 fully saturated rings. The van der Waals surface area contributed by atoms with Crippen LogP contribution in [0.3, 0.4) is 0 Å². The minimum Gasteiger partial charge on any atom is -0.444 e. The van der Waals surface area contributed by atoms with Crippen LogP contribution in [0.2, 0.25) is 0 Å². The normalized spacial score (nSPS) is 11.9. The van der Waals surface area contributed by atoms with E-state index in [0.717, 1.165) is 6.26 Å². The van der Waals surface area contributed by atoms with E-state index >= 15 is 0 Å². The van der Waals surface area contributed by atoms with Gasteiger partial charge in [-0.3, -0.25) is 10.1 Å². The fourth-order valence-electron chi connectivity index (χ4n) is 2.41. The molecule has 1 atom stereocenters. The Hall–Kier alpha value is -3.20. The van der Waals surface area contributed by atoms with Crippen molar-refractivity contribution < 1.29 is 27.5 Å². The average Bonchev–Trinajstić information content (AvgIpc) is 2.65. The number of rotatable bonds is 6. The van der Waals surface area contributed by atoms with Crippen LogP contribution in [-0.4, -0.2) is 39.6 Å². The Kier molecular flexibility index (Phi) is 6.89. The molecule has 0 aliphatic heterocycles. The summed E-state index contributed by atoms with van der Waals surface area (Å²) < 4.78 is 28.3. The van der Waals surface area contributed by atoms with E-state index in [1.807, 2.05) is 0 Å². The van der Waals surface area contributed by atoms with Gasteiger partial charge in [-0.25, -0.2) is 18.0 Å². The number of hydrogen-bond donors (Lipinski definition) is 2. The number of sulfone groups is 1. The maximum absolute atomic E-state index is 12.6. The molecule has 0 saturated carbocycles. The van der Waals surface area contributed by atoms with Crippen molar-refractivity contribution in [1.29, 1.82) is 0 Å². The summed E-state index contributed by atoms with van der Waals surface area (Å²) in [5.41, 5.74) is 0.891. The smallest absolute Gasteiger partial charge is 0.339 e. The van der Waals surface area contributed by atoms with Crippen molar-refractivity contribution >= 4 is 27.7 Å². The monoisotopic (exact) mass is 404 g/mol. The molecule has 0 heterocycles. The predicted molar refractivity (Wildman–Crippen MR) is 102 cm³/mol. The number of nitrogens with one attached hydrogen (secondary N) is 2. The highest BCUT2D eigenvalue weighted by Gasteiger charge is 2.27. The third kappa shape index (κ3) is 6.20. The van der Waals surface area contributed by atoms with E-state index in [9.17, 15) is 22.8 Å². The van der Waals surface area contributed by atoms with Crippen molar-refractivity contribution in [2.75, 3.05) is 13.3 Å². The van der Waals surface area contributed by atoms with Gasteiger partial charge in [0, 0.05) is 18.9 Å².